The molecule has 0 bridgehead atoms. The van der Waals surface area contributed by atoms with Crippen LogP contribution >= 0.6 is 0 Å². The van der Waals surface area contributed by atoms with Crippen LogP contribution in [0.25, 0.3) is 12.2 Å². The topological polar surface area (TPSA) is 59.1 Å². The molecule has 2 aromatic carbocycles. The fourth-order valence-corrected chi connectivity index (χ4v) is 3.25. The van der Waals surface area contributed by atoms with Crippen molar-refractivity contribution in [2.75, 3.05) is 4.72 Å². The fraction of sp³-hybridized carbons (Fsp3) is 0. The van der Waals surface area contributed by atoms with Crippen molar-refractivity contribution in [3.8, 4) is 0 Å². The first-order valence-electron chi connectivity index (χ1n) is 7.40. The lowest BCUT2D eigenvalue weighted by atomic mass is 10.2. The molecular weight excluding hydrogens is 320 g/mol. The summed E-state index contributed by atoms with van der Waals surface area (Å²) in [5.41, 5.74) is 2.24. The number of pyridine rings is 1. The molecule has 1 heterocycles. The third kappa shape index (κ3) is 4.08. The monoisotopic (exact) mass is 336 g/mol. The standard InChI is InChI=1S/C19H16N2O2S/c22-24(23,19-10-2-1-3-11-19)21-18-9-6-7-16(15-18)12-13-17-8-4-5-14-20-17/h1-15,21H. The maximum absolute atomic E-state index is 12.4. The molecule has 120 valence electrons. The summed E-state index contributed by atoms with van der Waals surface area (Å²) in [6.07, 6.45) is 5.50. The van der Waals surface area contributed by atoms with E-state index < -0.39 is 10.0 Å². The molecule has 0 aliphatic heterocycles. The molecule has 1 aromatic heterocycles. The Hall–Kier alpha value is -2.92. The second-order valence-corrected chi connectivity index (χ2v) is 6.81. The van der Waals surface area contributed by atoms with E-state index in [-0.39, 0.29) is 4.90 Å². The second-order valence-electron chi connectivity index (χ2n) is 5.13. The van der Waals surface area contributed by atoms with Gasteiger partial charge in [0.25, 0.3) is 10.0 Å². The van der Waals surface area contributed by atoms with Crippen LogP contribution in [0.5, 0.6) is 0 Å². The number of nitrogens with zero attached hydrogens (tertiary/aromatic N) is 1. The van der Waals surface area contributed by atoms with E-state index in [1.54, 1.807) is 54.7 Å². The van der Waals surface area contributed by atoms with Crippen LogP contribution < -0.4 is 4.72 Å². The van der Waals surface area contributed by atoms with Gasteiger partial charge in [-0.1, -0.05) is 42.5 Å². The van der Waals surface area contributed by atoms with E-state index in [1.807, 2.05) is 36.4 Å². The molecule has 24 heavy (non-hydrogen) atoms. The first-order chi connectivity index (χ1) is 11.6. The van der Waals surface area contributed by atoms with Crippen molar-refractivity contribution in [2.45, 2.75) is 4.90 Å². The Labute approximate surface area is 141 Å². The summed E-state index contributed by atoms with van der Waals surface area (Å²) >= 11 is 0. The second kappa shape index (κ2) is 7.10. The fourth-order valence-electron chi connectivity index (χ4n) is 2.18. The highest BCUT2D eigenvalue weighted by atomic mass is 32.2. The van der Waals surface area contributed by atoms with Crippen molar-refractivity contribution in [3.63, 3.8) is 0 Å². The van der Waals surface area contributed by atoms with Gasteiger partial charge in [0.05, 0.1) is 10.6 Å². The summed E-state index contributed by atoms with van der Waals surface area (Å²) in [6, 6.07) is 21.2. The summed E-state index contributed by atoms with van der Waals surface area (Å²) in [6.45, 7) is 0. The zero-order valence-corrected chi connectivity index (χ0v) is 13.6. The molecule has 0 amide bonds. The van der Waals surface area contributed by atoms with Crippen LogP contribution in [0.4, 0.5) is 5.69 Å². The highest BCUT2D eigenvalue weighted by Crippen LogP contribution is 2.18. The van der Waals surface area contributed by atoms with Crippen molar-refractivity contribution in [1.29, 1.82) is 0 Å². The first-order valence-corrected chi connectivity index (χ1v) is 8.89. The van der Waals surface area contributed by atoms with Gasteiger partial charge in [-0.05, 0) is 48.0 Å². The van der Waals surface area contributed by atoms with Crippen LogP contribution in [0.15, 0.2) is 83.9 Å². The number of benzene rings is 2. The maximum atomic E-state index is 12.4. The summed E-state index contributed by atoms with van der Waals surface area (Å²) in [5.74, 6) is 0. The van der Waals surface area contributed by atoms with Crippen molar-refractivity contribution in [1.82, 2.24) is 4.98 Å². The third-order valence-electron chi connectivity index (χ3n) is 3.33. The molecule has 1 N–H and O–H groups in total. The number of hydrogen-bond acceptors (Lipinski definition) is 3. The Morgan fingerprint density at radius 3 is 2.38 bits per heavy atom. The summed E-state index contributed by atoms with van der Waals surface area (Å²) in [7, 11) is -3.58. The zero-order valence-electron chi connectivity index (χ0n) is 12.8. The Morgan fingerprint density at radius 2 is 1.62 bits per heavy atom. The van der Waals surface area contributed by atoms with E-state index in [0.717, 1.165) is 11.3 Å². The van der Waals surface area contributed by atoms with Gasteiger partial charge in [0.2, 0.25) is 0 Å². The molecule has 0 aliphatic carbocycles. The SMILES string of the molecule is O=S(=O)(Nc1cccc(C=Cc2ccccn2)c1)c1ccccc1. The molecule has 0 atom stereocenters. The molecule has 0 aliphatic rings. The number of aromatic nitrogens is 1. The Kier molecular flexibility index (Phi) is 4.72. The van der Waals surface area contributed by atoms with Gasteiger partial charge in [0, 0.05) is 11.9 Å². The molecule has 0 fully saturated rings. The van der Waals surface area contributed by atoms with E-state index in [2.05, 4.69) is 9.71 Å². The Bertz CT molecular complexity index is 937. The van der Waals surface area contributed by atoms with E-state index in [0.29, 0.717) is 5.69 Å². The average molecular weight is 336 g/mol. The smallest absolute Gasteiger partial charge is 0.261 e. The van der Waals surface area contributed by atoms with Crippen molar-refractivity contribution in [3.05, 3.63) is 90.3 Å². The van der Waals surface area contributed by atoms with Gasteiger partial charge < -0.3 is 0 Å². The molecule has 0 saturated carbocycles. The quantitative estimate of drug-likeness (QED) is 0.764. The predicted octanol–water partition coefficient (Wildman–Crippen LogP) is 4.05. The number of nitrogens with one attached hydrogen (secondary N) is 1. The lowest BCUT2D eigenvalue weighted by Gasteiger charge is -2.08. The zero-order chi connectivity index (χ0) is 16.8. The minimum atomic E-state index is -3.58. The van der Waals surface area contributed by atoms with Crippen LogP contribution in [0.1, 0.15) is 11.3 Å². The summed E-state index contributed by atoms with van der Waals surface area (Å²) in [5, 5.41) is 0. The minimum Gasteiger partial charge on any atom is -0.280 e. The van der Waals surface area contributed by atoms with E-state index in [9.17, 15) is 8.42 Å². The van der Waals surface area contributed by atoms with Gasteiger partial charge in [-0.3, -0.25) is 9.71 Å². The molecule has 0 radical (unpaired) electrons. The van der Waals surface area contributed by atoms with Gasteiger partial charge in [-0.15, -0.1) is 0 Å². The van der Waals surface area contributed by atoms with Gasteiger partial charge in [-0.25, -0.2) is 8.42 Å². The van der Waals surface area contributed by atoms with Crippen molar-refractivity contribution < 1.29 is 8.42 Å². The van der Waals surface area contributed by atoms with Crippen molar-refractivity contribution >= 4 is 27.9 Å². The Balaban J connectivity index is 1.80. The largest absolute Gasteiger partial charge is 0.280 e. The van der Waals surface area contributed by atoms with E-state index in [1.165, 1.54) is 0 Å². The third-order valence-corrected chi connectivity index (χ3v) is 4.72. The molecule has 3 rings (SSSR count). The normalized spacial score (nSPS) is 11.5. The maximum Gasteiger partial charge on any atom is 0.261 e. The highest BCUT2D eigenvalue weighted by molar-refractivity contribution is 7.92. The average Bonchev–Trinajstić information content (AvgIpc) is 2.62. The Morgan fingerprint density at radius 1 is 0.833 bits per heavy atom. The van der Waals surface area contributed by atoms with Gasteiger partial charge >= 0.3 is 0 Å². The molecule has 0 saturated heterocycles. The van der Waals surface area contributed by atoms with Crippen LogP contribution in [0, 0.1) is 0 Å². The molecule has 5 heteroatoms. The number of anilines is 1. The lowest BCUT2D eigenvalue weighted by Crippen LogP contribution is -2.12. The first kappa shape index (κ1) is 16.0. The number of hydrogen-bond donors (Lipinski definition) is 1. The van der Waals surface area contributed by atoms with Gasteiger partial charge in [-0.2, -0.15) is 0 Å². The summed E-state index contributed by atoms with van der Waals surface area (Å²) in [4.78, 5) is 4.45. The van der Waals surface area contributed by atoms with Crippen LogP contribution in [-0.4, -0.2) is 13.4 Å². The minimum absolute atomic E-state index is 0.236. The van der Waals surface area contributed by atoms with Crippen LogP contribution in [-0.2, 0) is 10.0 Å². The van der Waals surface area contributed by atoms with E-state index >= 15 is 0 Å². The highest BCUT2D eigenvalue weighted by Gasteiger charge is 2.13. The van der Waals surface area contributed by atoms with Crippen LogP contribution in [0.3, 0.4) is 0 Å². The molecule has 0 unspecified atom stereocenters. The van der Waals surface area contributed by atoms with Crippen molar-refractivity contribution in [2.24, 2.45) is 0 Å². The van der Waals surface area contributed by atoms with Gasteiger partial charge in [0.15, 0.2) is 0 Å². The molecule has 3 aromatic rings. The number of sulfonamides is 1. The summed E-state index contributed by atoms with van der Waals surface area (Å²) < 4.78 is 27.3. The molecular formula is C19H16N2O2S. The van der Waals surface area contributed by atoms with Gasteiger partial charge in [0.1, 0.15) is 0 Å². The molecule has 4 nitrogen and oxygen atoms in total. The lowest BCUT2D eigenvalue weighted by molar-refractivity contribution is 0.601. The van der Waals surface area contributed by atoms with Crippen LogP contribution in [0.2, 0.25) is 0 Å². The molecule has 0 spiro atoms. The number of rotatable bonds is 5. The predicted molar refractivity (Wildman–Crippen MR) is 96.9 cm³/mol. The van der Waals surface area contributed by atoms with E-state index in [4.69, 9.17) is 0 Å².